The summed E-state index contributed by atoms with van der Waals surface area (Å²) >= 11 is 5.85. The highest BCUT2D eigenvalue weighted by Gasteiger charge is 2.07. The fourth-order valence-corrected chi connectivity index (χ4v) is 2.41. The van der Waals surface area contributed by atoms with Crippen LogP contribution in [0.1, 0.15) is 10.4 Å². The number of carbonyl (C=O) groups excluding carboxylic acids is 1. The first-order valence-corrected chi connectivity index (χ1v) is 8.91. The molecule has 0 radical (unpaired) electrons. The number of nitrogens with zero attached hydrogens (tertiary/aromatic N) is 2. The van der Waals surface area contributed by atoms with Gasteiger partial charge in [0.25, 0.3) is 5.91 Å². The second kappa shape index (κ2) is 9.57. The molecule has 0 unspecified atom stereocenters. The van der Waals surface area contributed by atoms with Crippen molar-refractivity contribution >= 4 is 29.1 Å². The number of nitrogens with one attached hydrogen (secondary N) is 2. The highest BCUT2D eigenvalue weighted by atomic mass is 35.5. The summed E-state index contributed by atoms with van der Waals surface area (Å²) < 4.78 is 10.7. The second-order valence-corrected chi connectivity index (χ2v) is 6.14. The molecule has 7 nitrogen and oxygen atoms in total. The van der Waals surface area contributed by atoms with Crippen molar-refractivity contribution in [1.82, 2.24) is 15.3 Å². The van der Waals surface area contributed by atoms with Gasteiger partial charge in [-0.25, -0.2) is 9.97 Å². The van der Waals surface area contributed by atoms with Crippen LogP contribution in [0.15, 0.2) is 60.9 Å². The molecule has 0 spiro atoms. The van der Waals surface area contributed by atoms with E-state index >= 15 is 0 Å². The molecule has 3 rings (SSSR count). The summed E-state index contributed by atoms with van der Waals surface area (Å²) in [6.45, 7) is 0.699. The van der Waals surface area contributed by atoms with Crippen molar-refractivity contribution in [2.75, 3.05) is 25.6 Å². The highest BCUT2D eigenvalue weighted by molar-refractivity contribution is 6.30. The van der Waals surface area contributed by atoms with Crippen molar-refractivity contribution in [3.05, 3.63) is 71.5 Å². The maximum atomic E-state index is 12.1. The lowest BCUT2D eigenvalue weighted by molar-refractivity contribution is 0.0946. The van der Waals surface area contributed by atoms with Crippen molar-refractivity contribution < 1.29 is 14.3 Å². The predicted octanol–water partition coefficient (Wildman–Crippen LogP) is 3.69. The number of rotatable bonds is 8. The molecule has 0 aliphatic rings. The molecule has 1 aromatic heterocycles. The SMILES string of the molecule is COc1ccc(OCCNC(=O)c2cnc(Nc3ccc(Cl)cc3)nc2)cc1. The van der Waals surface area contributed by atoms with Crippen molar-refractivity contribution in [3.63, 3.8) is 0 Å². The van der Waals surface area contributed by atoms with Crippen molar-refractivity contribution in [2.45, 2.75) is 0 Å². The number of methoxy groups -OCH3 is 1. The Morgan fingerprint density at radius 1 is 1.00 bits per heavy atom. The number of benzene rings is 2. The number of amides is 1. The third-order valence-corrected chi connectivity index (χ3v) is 3.98. The first kappa shape index (κ1) is 19.4. The first-order chi connectivity index (χ1) is 13.6. The summed E-state index contributed by atoms with van der Waals surface area (Å²) in [6, 6.07) is 14.4. The summed E-state index contributed by atoms with van der Waals surface area (Å²) in [4.78, 5) is 20.4. The first-order valence-electron chi connectivity index (χ1n) is 8.54. The van der Waals surface area contributed by atoms with E-state index in [9.17, 15) is 4.79 Å². The van der Waals surface area contributed by atoms with Crippen LogP contribution in [0.4, 0.5) is 11.6 Å². The van der Waals surface area contributed by atoms with E-state index in [0.29, 0.717) is 35.4 Å². The fraction of sp³-hybridized carbons (Fsp3) is 0.150. The number of aromatic nitrogens is 2. The van der Waals surface area contributed by atoms with Crippen LogP contribution in [0.5, 0.6) is 11.5 Å². The molecule has 8 heteroatoms. The zero-order valence-electron chi connectivity index (χ0n) is 15.2. The lowest BCUT2D eigenvalue weighted by atomic mass is 10.3. The third kappa shape index (κ3) is 5.59. The quantitative estimate of drug-likeness (QED) is 0.563. The molecule has 2 aromatic carbocycles. The molecule has 0 saturated carbocycles. The molecule has 144 valence electrons. The molecule has 0 fully saturated rings. The van der Waals surface area contributed by atoms with E-state index in [1.54, 1.807) is 31.4 Å². The monoisotopic (exact) mass is 398 g/mol. The molecule has 0 bridgehead atoms. The summed E-state index contributed by atoms with van der Waals surface area (Å²) in [5, 5.41) is 6.45. The molecule has 0 saturated heterocycles. The molecule has 0 aliphatic carbocycles. The smallest absolute Gasteiger partial charge is 0.254 e. The van der Waals surface area contributed by atoms with Gasteiger partial charge >= 0.3 is 0 Å². The minimum atomic E-state index is -0.267. The lowest BCUT2D eigenvalue weighted by Crippen LogP contribution is -2.28. The zero-order chi connectivity index (χ0) is 19.8. The molecule has 28 heavy (non-hydrogen) atoms. The number of halogens is 1. The van der Waals surface area contributed by atoms with Gasteiger partial charge in [-0.15, -0.1) is 0 Å². The fourth-order valence-electron chi connectivity index (χ4n) is 2.28. The average Bonchev–Trinajstić information content (AvgIpc) is 2.73. The minimum absolute atomic E-state index is 0.267. The number of anilines is 2. The van der Waals surface area contributed by atoms with Gasteiger partial charge in [-0.3, -0.25) is 4.79 Å². The van der Waals surface area contributed by atoms with Gasteiger partial charge in [0.2, 0.25) is 5.95 Å². The Balaban J connectivity index is 1.44. The molecular weight excluding hydrogens is 380 g/mol. The lowest BCUT2D eigenvalue weighted by Gasteiger charge is -2.09. The number of ether oxygens (including phenoxy) is 2. The van der Waals surface area contributed by atoms with Gasteiger partial charge in [-0.1, -0.05) is 11.6 Å². The van der Waals surface area contributed by atoms with Crippen molar-refractivity contribution in [1.29, 1.82) is 0 Å². The predicted molar refractivity (Wildman–Crippen MR) is 108 cm³/mol. The Labute approximate surface area is 167 Å². The Morgan fingerprint density at radius 3 is 2.29 bits per heavy atom. The Morgan fingerprint density at radius 2 is 1.64 bits per heavy atom. The number of hydrogen-bond acceptors (Lipinski definition) is 6. The topological polar surface area (TPSA) is 85.4 Å². The van der Waals surface area contributed by atoms with E-state index in [1.165, 1.54) is 12.4 Å². The minimum Gasteiger partial charge on any atom is -0.497 e. The van der Waals surface area contributed by atoms with E-state index in [1.807, 2.05) is 24.3 Å². The van der Waals surface area contributed by atoms with Gasteiger partial charge < -0.3 is 20.1 Å². The van der Waals surface area contributed by atoms with Gasteiger partial charge in [0.15, 0.2) is 0 Å². The van der Waals surface area contributed by atoms with Gasteiger partial charge in [-0.05, 0) is 48.5 Å². The second-order valence-electron chi connectivity index (χ2n) is 5.71. The van der Waals surface area contributed by atoms with Crippen LogP contribution in [-0.4, -0.2) is 36.1 Å². The Bertz CT molecular complexity index is 900. The molecule has 0 atom stereocenters. The largest absolute Gasteiger partial charge is 0.497 e. The average molecular weight is 399 g/mol. The normalized spacial score (nSPS) is 10.2. The molecule has 0 aliphatic heterocycles. The van der Waals surface area contributed by atoms with Gasteiger partial charge in [0.1, 0.15) is 18.1 Å². The van der Waals surface area contributed by atoms with Crippen molar-refractivity contribution in [3.8, 4) is 11.5 Å². The number of carbonyl (C=O) groups is 1. The van der Waals surface area contributed by atoms with Crippen LogP contribution in [0.3, 0.4) is 0 Å². The van der Waals surface area contributed by atoms with Crippen LogP contribution < -0.4 is 20.1 Å². The van der Waals surface area contributed by atoms with Gasteiger partial charge in [0, 0.05) is 23.1 Å². The zero-order valence-corrected chi connectivity index (χ0v) is 15.9. The summed E-state index contributed by atoms with van der Waals surface area (Å²) in [5.41, 5.74) is 1.17. The molecule has 1 heterocycles. The molecule has 3 aromatic rings. The Hall–Kier alpha value is -3.32. The van der Waals surface area contributed by atoms with Gasteiger partial charge in [0.05, 0.1) is 19.2 Å². The van der Waals surface area contributed by atoms with E-state index in [0.717, 1.165) is 11.4 Å². The van der Waals surface area contributed by atoms with Crippen LogP contribution in [-0.2, 0) is 0 Å². The third-order valence-electron chi connectivity index (χ3n) is 3.73. The van der Waals surface area contributed by atoms with Gasteiger partial charge in [-0.2, -0.15) is 0 Å². The summed E-state index contributed by atoms with van der Waals surface area (Å²) in [6.07, 6.45) is 2.93. The maximum absolute atomic E-state index is 12.1. The number of hydrogen-bond donors (Lipinski definition) is 2. The van der Waals surface area contributed by atoms with E-state index in [2.05, 4.69) is 20.6 Å². The van der Waals surface area contributed by atoms with E-state index in [4.69, 9.17) is 21.1 Å². The van der Waals surface area contributed by atoms with E-state index in [-0.39, 0.29) is 5.91 Å². The summed E-state index contributed by atoms with van der Waals surface area (Å²) in [5.74, 6) is 1.59. The van der Waals surface area contributed by atoms with Crippen LogP contribution in [0, 0.1) is 0 Å². The summed E-state index contributed by atoms with van der Waals surface area (Å²) in [7, 11) is 1.61. The maximum Gasteiger partial charge on any atom is 0.254 e. The van der Waals surface area contributed by atoms with Crippen LogP contribution >= 0.6 is 11.6 Å². The highest BCUT2D eigenvalue weighted by Crippen LogP contribution is 2.17. The molecule has 2 N–H and O–H groups in total. The molecular formula is C20H19ClN4O3. The molecule has 1 amide bonds. The van der Waals surface area contributed by atoms with Crippen LogP contribution in [0.25, 0.3) is 0 Å². The standard InChI is InChI=1S/C20H19ClN4O3/c1-27-17-6-8-18(9-7-17)28-11-10-22-19(26)14-12-23-20(24-13-14)25-16-4-2-15(21)3-5-16/h2-9,12-13H,10-11H2,1H3,(H,22,26)(H,23,24,25). The van der Waals surface area contributed by atoms with E-state index < -0.39 is 0 Å². The van der Waals surface area contributed by atoms with Crippen molar-refractivity contribution in [2.24, 2.45) is 0 Å². The Kier molecular flexibility index (Phi) is 6.64. The van der Waals surface area contributed by atoms with Crippen LogP contribution in [0.2, 0.25) is 5.02 Å².